The zero-order chi connectivity index (χ0) is 11.7. The highest BCUT2D eigenvalue weighted by Crippen LogP contribution is 2.24. The summed E-state index contributed by atoms with van der Waals surface area (Å²) in [4.78, 5) is 13.7. The standard InChI is InChI=1S/C11H13BrN2O2.ClH/c12-7-1-2-10(15)9(5-7)11(16)14-4-3-8(13)6-14;/h1-2,5,8,15H,3-4,6,13H2;1H/t8-;/m1./s1. The number of nitrogens with zero attached hydrogens (tertiary/aromatic N) is 1. The molecule has 3 N–H and O–H groups in total. The molecule has 0 bridgehead atoms. The van der Waals surface area contributed by atoms with Crippen molar-refractivity contribution >= 4 is 34.2 Å². The van der Waals surface area contributed by atoms with Gasteiger partial charge >= 0.3 is 0 Å². The van der Waals surface area contributed by atoms with Gasteiger partial charge in [0.15, 0.2) is 0 Å². The second kappa shape index (κ2) is 5.71. The Bertz CT molecular complexity index is 428. The van der Waals surface area contributed by atoms with E-state index >= 15 is 0 Å². The molecule has 1 aliphatic rings. The van der Waals surface area contributed by atoms with E-state index in [1.54, 1.807) is 17.0 Å². The van der Waals surface area contributed by atoms with Crippen molar-refractivity contribution in [1.29, 1.82) is 0 Å². The lowest BCUT2D eigenvalue weighted by Gasteiger charge is -2.16. The van der Waals surface area contributed by atoms with E-state index in [2.05, 4.69) is 15.9 Å². The maximum absolute atomic E-state index is 12.1. The van der Waals surface area contributed by atoms with Crippen LogP contribution in [0.3, 0.4) is 0 Å². The summed E-state index contributed by atoms with van der Waals surface area (Å²) in [5.41, 5.74) is 6.07. The first-order chi connectivity index (χ1) is 7.58. The lowest BCUT2D eigenvalue weighted by atomic mass is 10.2. The minimum absolute atomic E-state index is 0. The summed E-state index contributed by atoms with van der Waals surface area (Å²) in [6, 6.07) is 4.88. The van der Waals surface area contributed by atoms with Crippen LogP contribution < -0.4 is 5.73 Å². The third-order valence-electron chi connectivity index (χ3n) is 2.70. The highest BCUT2D eigenvalue weighted by Gasteiger charge is 2.26. The van der Waals surface area contributed by atoms with Crippen LogP contribution in [-0.4, -0.2) is 35.0 Å². The fourth-order valence-corrected chi connectivity index (χ4v) is 2.18. The SMILES string of the molecule is Cl.N[C@@H]1CCN(C(=O)c2cc(Br)ccc2O)C1. The van der Waals surface area contributed by atoms with Gasteiger partial charge in [0.2, 0.25) is 0 Å². The predicted molar refractivity (Wildman–Crippen MR) is 71.6 cm³/mol. The van der Waals surface area contributed by atoms with Crippen LogP contribution in [0.4, 0.5) is 0 Å². The van der Waals surface area contributed by atoms with E-state index in [9.17, 15) is 9.90 Å². The summed E-state index contributed by atoms with van der Waals surface area (Å²) in [6.45, 7) is 1.22. The highest BCUT2D eigenvalue weighted by atomic mass is 79.9. The van der Waals surface area contributed by atoms with Gasteiger partial charge in [-0.25, -0.2) is 0 Å². The van der Waals surface area contributed by atoms with Crippen LogP contribution in [0.15, 0.2) is 22.7 Å². The number of likely N-dealkylation sites (tertiary alicyclic amines) is 1. The van der Waals surface area contributed by atoms with Gasteiger partial charge in [-0.15, -0.1) is 12.4 Å². The van der Waals surface area contributed by atoms with Gasteiger partial charge in [-0.2, -0.15) is 0 Å². The van der Waals surface area contributed by atoms with Gasteiger partial charge in [-0.1, -0.05) is 15.9 Å². The van der Waals surface area contributed by atoms with Gasteiger partial charge in [-0.05, 0) is 24.6 Å². The molecule has 1 aliphatic heterocycles. The average molecular weight is 322 g/mol. The van der Waals surface area contributed by atoms with Crippen LogP contribution in [0.2, 0.25) is 0 Å². The van der Waals surface area contributed by atoms with Gasteiger partial charge in [0.25, 0.3) is 5.91 Å². The Morgan fingerprint density at radius 2 is 2.24 bits per heavy atom. The zero-order valence-corrected chi connectivity index (χ0v) is 11.5. The molecule has 1 fully saturated rings. The molecular formula is C11H14BrClN2O2. The number of benzene rings is 1. The molecule has 0 aliphatic carbocycles. The van der Waals surface area contributed by atoms with Gasteiger partial charge in [0.1, 0.15) is 5.75 Å². The first kappa shape index (κ1) is 14.3. The van der Waals surface area contributed by atoms with Gasteiger partial charge in [0.05, 0.1) is 5.56 Å². The Labute approximate surface area is 114 Å². The quantitative estimate of drug-likeness (QED) is 0.828. The number of halogens is 2. The Hall–Kier alpha value is -0.780. The largest absolute Gasteiger partial charge is 0.507 e. The molecule has 1 heterocycles. The molecule has 6 heteroatoms. The maximum atomic E-state index is 12.1. The minimum Gasteiger partial charge on any atom is -0.507 e. The number of carbonyl (C=O) groups is 1. The number of carbonyl (C=O) groups excluding carboxylic acids is 1. The van der Waals surface area contributed by atoms with E-state index in [4.69, 9.17) is 5.73 Å². The van der Waals surface area contributed by atoms with Crippen LogP contribution in [0.5, 0.6) is 5.75 Å². The van der Waals surface area contributed by atoms with Crippen LogP contribution in [0.1, 0.15) is 16.8 Å². The maximum Gasteiger partial charge on any atom is 0.257 e. The number of hydrogen-bond donors (Lipinski definition) is 2. The third-order valence-corrected chi connectivity index (χ3v) is 3.19. The molecule has 0 unspecified atom stereocenters. The van der Waals surface area contributed by atoms with Crippen molar-refractivity contribution in [3.63, 3.8) is 0 Å². The van der Waals surface area contributed by atoms with Crippen LogP contribution in [-0.2, 0) is 0 Å². The van der Waals surface area contributed by atoms with Crippen molar-refractivity contribution in [1.82, 2.24) is 4.90 Å². The van der Waals surface area contributed by atoms with E-state index in [-0.39, 0.29) is 30.1 Å². The Morgan fingerprint density at radius 3 is 2.82 bits per heavy atom. The summed E-state index contributed by atoms with van der Waals surface area (Å²) in [5.74, 6) is -0.152. The van der Waals surface area contributed by atoms with Crippen LogP contribution >= 0.6 is 28.3 Å². The normalized spacial score (nSPS) is 18.9. The number of amides is 1. The first-order valence-electron chi connectivity index (χ1n) is 5.11. The number of phenols is 1. The molecule has 0 radical (unpaired) electrons. The highest BCUT2D eigenvalue weighted by molar-refractivity contribution is 9.10. The Morgan fingerprint density at radius 1 is 1.53 bits per heavy atom. The molecule has 17 heavy (non-hydrogen) atoms. The summed E-state index contributed by atoms with van der Waals surface area (Å²) in [5, 5.41) is 9.63. The van der Waals surface area contributed by atoms with E-state index in [1.807, 2.05) is 0 Å². The summed E-state index contributed by atoms with van der Waals surface area (Å²) in [6.07, 6.45) is 0.820. The molecule has 0 spiro atoms. The fraction of sp³-hybridized carbons (Fsp3) is 0.364. The Kier molecular flexibility index (Phi) is 4.80. The van der Waals surface area contributed by atoms with Crippen molar-refractivity contribution in [2.75, 3.05) is 13.1 Å². The van der Waals surface area contributed by atoms with Crippen molar-refractivity contribution < 1.29 is 9.90 Å². The minimum atomic E-state index is -0.160. The molecule has 0 saturated carbocycles. The molecule has 1 aromatic rings. The predicted octanol–water partition coefficient (Wildman–Crippen LogP) is 1.75. The molecule has 1 amide bonds. The molecule has 1 atom stereocenters. The van der Waals surface area contributed by atoms with Crippen LogP contribution in [0.25, 0.3) is 0 Å². The number of aromatic hydroxyl groups is 1. The van der Waals surface area contributed by atoms with E-state index in [1.165, 1.54) is 6.07 Å². The van der Waals surface area contributed by atoms with Gasteiger partial charge in [-0.3, -0.25) is 4.79 Å². The van der Waals surface area contributed by atoms with Crippen molar-refractivity contribution in [2.45, 2.75) is 12.5 Å². The van der Waals surface area contributed by atoms with E-state index in [0.717, 1.165) is 10.9 Å². The molecule has 2 rings (SSSR count). The topological polar surface area (TPSA) is 66.6 Å². The molecule has 94 valence electrons. The fourth-order valence-electron chi connectivity index (χ4n) is 1.82. The summed E-state index contributed by atoms with van der Waals surface area (Å²) >= 11 is 3.28. The second-order valence-electron chi connectivity index (χ2n) is 3.96. The number of rotatable bonds is 1. The lowest BCUT2D eigenvalue weighted by molar-refractivity contribution is 0.0788. The van der Waals surface area contributed by atoms with E-state index in [0.29, 0.717) is 18.7 Å². The molecule has 4 nitrogen and oxygen atoms in total. The molecule has 1 saturated heterocycles. The van der Waals surface area contributed by atoms with Gasteiger partial charge in [0, 0.05) is 23.6 Å². The smallest absolute Gasteiger partial charge is 0.257 e. The first-order valence-corrected chi connectivity index (χ1v) is 5.90. The van der Waals surface area contributed by atoms with Crippen LogP contribution in [0, 0.1) is 0 Å². The van der Waals surface area contributed by atoms with Crippen molar-refractivity contribution in [3.8, 4) is 5.75 Å². The van der Waals surface area contributed by atoms with Crippen molar-refractivity contribution in [3.05, 3.63) is 28.2 Å². The number of phenolic OH excluding ortho intramolecular Hbond substituents is 1. The molecular weight excluding hydrogens is 307 g/mol. The van der Waals surface area contributed by atoms with E-state index < -0.39 is 0 Å². The average Bonchev–Trinajstić information content (AvgIpc) is 2.67. The van der Waals surface area contributed by atoms with Gasteiger partial charge < -0.3 is 15.7 Å². The summed E-state index contributed by atoms with van der Waals surface area (Å²) < 4.78 is 0.775. The monoisotopic (exact) mass is 320 g/mol. The number of nitrogens with two attached hydrogens (primary N) is 1. The Balaban J connectivity index is 0.00000144. The molecule has 1 aromatic carbocycles. The molecule has 0 aromatic heterocycles. The third kappa shape index (κ3) is 3.12. The number of hydrogen-bond acceptors (Lipinski definition) is 3. The lowest BCUT2D eigenvalue weighted by Crippen LogP contribution is -2.31. The second-order valence-corrected chi connectivity index (χ2v) is 4.88. The van der Waals surface area contributed by atoms with Crippen molar-refractivity contribution in [2.24, 2.45) is 5.73 Å². The summed E-state index contributed by atoms with van der Waals surface area (Å²) in [7, 11) is 0. The zero-order valence-electron chi connectivity index (χ0n) is 9.10.